The van der Waals surface area contributed by atoms with E-state index in [1.807, 2.05) is 7.05 Å². The summed E-state index contributed by atoms with van der Waals surface area (Å²) in [4.78, 5) is 2.54. The lowest BCUT2D eigenvalue weighted by atomic mass is 9.85. The van der Waals surface area contributed by atoms with E-state index in [0.29, 0.717) is 5.41 Å². The van der Waals surface area contributed by atoms with Gasteiger partial charge in [0, 0.05) is 0 Å². The summed E-state index contributed by atoms with van der Waals surface area (Å²) in [6, 6.07) is 2.20. The molecule has 2 rings (SSSR count). The molecule has 0 bridgehead atoms. The Morgan fingerprint density at radius 3 is 2.84 bits per heavy atom. The normalized spacial score (nSPS) is 20.4. The van der Waals surface area contributed by atoms with E-state index >= 15 is 0 Å². The molecular weight excluding hydrogens is 236 g/mol. The van der Waals surface area contributed by atoms with Crippen LogP contribution in [0.2, 0.25) is 0 Å². The van der Waals surface area contributed by atoms with Crippen LogP contribution in [0.5, 0.6) is 0 Å². The maximum Gasteiger partial charge on any atom is 0.120 e. The van der Waals surface area contributed by atoms with E-state index in [4.69, 9.17) is 4.42 Å². The quantitative estimate of drug-likeness (QED) is 0.904. The zero-order valence-corrected chi connectivity index (χ0v) is 12.9. The second kappa shape index (κ2) is 6.10. The Labute approximate surface area is 117 Å². The third-order valence-corrected chi connectivity index (χ3v) is 4.22. The van der Waals surface area contributed by atoms with Crippen molar-refractivity contribution in [1.29, 1.82) is 0 Å². The molecule has 1 aromatic rings. The molecule has 1 N–H and O–H groups in total. The molecule has 1 aromatic heterocycles. The van der Waals surface area contributed by atoms with Crippen LogP contribution >= 0.6 is 0 Å². The van der Waals surface area contributed by atoms with Gasteiger partial charge in [-0.3, -0.25) is 4.90 Å². The lowest BCUT2D eigenvalue weighted by molar-refractivity contribution is 0.236. The number of furan rings is 1. The topological polar surface area (TPSA) is 28.4 Å². The van der Waals surface area contributed by atoms with Gasteiger partial charge in [0.05, 0.1) is 13.1 Å². The Bertz CT molecular complexity index is 409. The molecule has 1 aliphatic rings. The van der Waals surface area contributed by atoms with Crippen LogP contribution in [-0.2, 0) is 13.1 Å². The number of rotatable bonds is 4. The van der Waals surface area contributed by atoms with E-state index in [-0.39, 0.29) is 0 Å². The number of aryl methyl sites for hydroxylation is 1. The molecule has 0 amide bonds. The fourth-order valence-electron chi connectivity index (χ4n) is 2.86. The summed E-state index contributed by atoms with van der Waals surface area (Å²) in [5.41, 5.74) is 1.77. The first-order valence-corrected chi connectivity index (χ1v) is 7.45. The molecule has 3 nitrogen and oxygen atoms in total. The molecule has 2 heterocycles. The predicted octanol–water partition coefficient (Wildman–Crippen LogP) is 3.32. The van der Waals surface area contributed by atoms with Crippen molar-refractivity contribution in [3.8, 4) is 0 Å². The van der Waals surface area contributed by atoms with Crippen LogP contribution in [0.4, 0.5) is 0 Å². The van der Waals surface area contributed by atoms with Gasteiger partial charge in [0.1, 0.15) is 11.5 Å². The maximum atomic E-state index is 5.95. The molecule has 108 valence electrons. The van der Waals surface area contributed by atoms with Gasteiger partial charge in [-0.2, -0.15) is 0 Å². The van der Waals surface area contributed by atoms with Crippen LogP contribution in [0.25, 0.3) is 0 Å². The first-order valence-electron chi connectivity index (χ1n) is 7.45. The van der Waals surface area contributed by atoms with Crippen molar-refractivity contribution < 1.29 is 4.42 Å². The van der Waals surface area contributed by atoms with E-state index < -0.39 is 0 Å². The minimum Gasteiger partial charge on any atom is -0.463 e. The second-order valence-corrected chi connectivity index (χ2v) is 6.64. The van der Waals surface area contributed by atoms with Gasteiger partial charge in [0.2, 0.25) is 0 Å². The van der Waals surface area contributed by atoms with Crippen molar-refractivity contribution in [2.45, 2.75) is 53.1 Å². The molecule has 0 radical (unpaired) electrons. The Hall–Kier alpha value is -0.800. The minimum absolute atomic E-state index is 0.505. The summed E-state index contributed by atoms with van der Waals surface area (Å²) < 4.78 is 5.95. The first kappa shape index (κ1) is 14.6. The van der Waals surface area contributed by atoms with Gasteiger partial charge < -0.3 is 9.73 Å². The lowest BCUT2D eigenvalue weighted by Gasteiger charge is -2.22. The Morgan fingerprint density at radius 1 is 1.32 bits per heavy atom. The highest BCUT2D eigenvalue weighted by atomic mass is 16.3. The number of hydrogen-bond donors (Lipinski definition) is 1. The zero-order valence-electron chi connectivity index (χ0n) is 12.9. The van der Waals surface area contributed by atoms with Crippen LogP contribution in [0.3, 0.4) is 0 Å². The van der Waals surface area contributed by atoms with Crippen LogP contribution in [0.15, 0.2) is 10.5 Å². The van der Waals surface area contributed by atoms with Gasteiger partial charge in [0.25, 0.3) is 0 Å². The summed E-state index contributed by atoms with van der Waals surface area (Å²) in [6.07, 6.45) is 3.93. The summed E-state index contributed by atoms with van der Waals surface area (Å²) in [5, 5.41) is 3.16. The van der Waals surface area contributed by atoms with E-state index in [1.54, 1.807) is 0 Å². The van der Waals surface area contributed by atoms with Gasteiger partial charge in [-0.05, 0) is 63.4 Å². The monoisotopic (exact) mass is 264 g/mol. The highest BCUT2D eigenvalue weighted by Crippen LogP contribution is 2.30. The van der Waals surface area contributed by atoms with Crippen LogP contribution in [0.1, 0.15) is 50.2 Å². The van der Waals surface area contributed by atoms with Crippen molar-refractivity contribution in [3.05, 3.63) is 23.2 Å². The number of likely N-dealkylation sites (tertiary alicyclic amines) is 1. The van der Waals surface area contributed by atoms with E-state index in [1.165, 1.54) is 37.9 Å². The van der Waals surface area contributed by atoms with Crippen molar-refractivity contribution in [3.63, 3.8) is 0 Å². The van der Waals surface area contributed by atoms with Crippen molar-refractivity contribution >= 4 is 0 Å². The standard InChI is InChI=1S/C16H28N2O/c1-13-10-14(19-15(13)11-17-4)12-18-8-5-6-16(2,3)7-9-18/h10,17H,5-9,11-12H2,1-4H3. The predicted molar refractivity (Wildman–Crippen MR) is 79.1 cm³/mol. The largest absolute Gasteiger partial charge is 0.463 e. The van der Waals surface area contributed by atoms with E-state index in [0.717, 1.165) is 24.6 Å². The smallest absolute Gasteiger partial charge is 0.120 e. The lowest BCUT2D eigenvalue weighted by Crippen LogP contribution is -2.24. The minimum atomic E-state index is 0.505. The number of hydrogen-bond acceptors (Lipinski definition) is 3. The number of nitrogens with one attached hydrogen (secondary N) is 1. The molecular formula is C16H28N2O. The molecule has 0 aliphatic carbocycles. The summed E-state index contributed by atoms with van der Waals surface area (Å²) in [6.45, 7) is 11.1. The number of nitrogens with zero attached hydrogens (tertiary/aromatic N) is 1. The third kappa shape index (κ3) is 4.08. The van der Waals surface area contributed by atoms with Gasteiger partial charge in [-0.15, -0.1) is 0 Å². The van der Waals surface area contributed by atoms with Crippen molar-refractivity contribution in [1.82, 2.24) is 10.2 Å². The van der Waals surface area contributed by atoms with Crippen LogP contribution in [-0.4, -0.2) is 25.0 Å². The van der Waals surface area contributed by atoms with E-state index in [9.17, 15) is 0 Å². The highest BCUT2D eigenvalue weighted by Gasteiger charge is 2.23. The summed E-state index contributed by atoms with van der Waals surface area (Å²) in [7, 11) is 1.96. The van der Waals surface area contributed by atoms with Gasteiger partial charge in [-0.1, -0.05) is 13.8 Å². The molecule has 19 heavy (non-hydrogen) atoms. The summed E-state index contributed by atoms with van der Waals surface area (Å²) in [5.74, 6) is 2.19. The molecule has 1 saturated heterocycles. The van der Waals surface area contributed by atoms with Crippen molar-refractivity contribution in [2.75, 3.05) is 20.1 Å². The molecule has 0 spiro atoms. The van der Waals surface area contributed by atoms with Crippen molar-refractivity contribution in [2.24, 2.45) is 5.41 Å². The fraction of sp³-hybridized carbons (Fsp3) is 0.750. The first-order chi connectivity index (χ1) is 9.00. The van der Waals surface area contributed by atoms with E-state index in [2.05, 4.69) is 37.1 Å². The van der Waals surface area contributed by atoms with Gasteiger partial charge in [-0.25, -0.2) is 0 Å². The molecule has 0 unspecified atom stereocenters. The highest BCUT2D eigenvalue weighted by molar-refractivity contribution is 5.20. The van der Waals surface area contributed by atoms with Crippen LogP contribution in [0, 0.1) is 12.3 Å². The SMILES string of the molecule is CNCc1oc(CN2CCCC(C)(C)CC2)cc1C. The Balaban J connectivity index is 1.95. The van der Waals surface area contributed by atoms with Gasteiger partial charge in [0.15, 0.2) is 0 Å². The average Bonchev–Trinajstić information content (AvgIpc) is 2.57. The molecule has 0 atom stereocenters. The fourth-order valence-corrected chi connectivity index (χ4v) is 2.86. The van der Waals surface area contributed by atoms with Crippen LogP contribution < -0.4 is 5.32 Å². The molecule has 1 aliphatic heterocycles. The molecule has 0 saturated carbocycles. The zero-order chi connectivity index (χ0) is 13.9. The Kier molecular flexibility index (Phi) is 4.69. The molecule has 3 heteroatoms. The van der Waals surface area contributed by atoms with Gasteiger partial charge >= 0.3 is 0 Å². The maximum absolute atomic E-state index is 5.95. The summed E-state index contributed by atoms with van der Waals surface area (Å²) >= 11 is 0. The molecule has 0 aromatic carbocycles. The second-order valence-electron chi connectivity index (χ2n) is 6.64. The Morgan fingerprint density at radius 2 is 2.11 bits per heavy atom. The molecule has 1 fully saturated rings. The average molecular weight is 264 g/mol. The third-order valence-electron chi connectivity index (χ3n) is 4.22.